The highest BCUT2D eigenvalue weighted by atomic mass is 16.5. The van der Waals surface area contributed by atoms with Gasteiger partial charge in [0.2, 0.25) is 0 Å². The van der Waals surface area contributed by atoms with E-state index in [1.807, 2.05) is 0 Å². The number of amides is 2. The fourth-order valence-corrected chi connectivity index (χ4v) is 2.09. The number of esters is 1. The molecule has 1 aliphatic rings. The first kappa shape index (κ1) is 17.2. The summed E-state index contributed by atoms with van der Waals surface area (Å²) in [4.78, 5) is 36.2. The quantitative estimate of drug-likeness (QED) is 0.689. The Morgan fingerprint density at radius 1 is 1.43 bits per heavy atom. The highest BCUT2D eigenvalue weighted by molar-refractivity contribution is 5.84. The number of ether oxygens (including phenoxy) is 2. The molecule has 2 amide bonds. The molecular weight excluding hydrogens is 280 g/mol. The molecule has 1 rings (SSSR count). The van der Waals surface area contributed by atoms with Crippen LogP contribution in [0.25, 0.3) is 0 Å². The second-order valence-electron chi connectivity index (χ2n) is 5.18. The molecule has 21 heavy (non-hydrogen) atoms. The van der Waals surface area contributed by atoms with Crippen molar-refractivity contribution in [3.63, 3.8) is 0 Å². The molecule has 0 aliphatic carbocycles. The first-order chi connectivity index (χ1) is 9.88. The minimum Gasteiger partial charge on any atom is -0.481 e. The van der Waals surface area contributed by atoms with Crippen molar-refractivity contribution in [2.75, 3.05) is 33.4 Å². The molecule has 8 heteroatoms. The van der Waals surface area contributed by atoms with Crippen molar-refractivity contribution in [1.29, 1.82) is 0 Å². The smallest absolute Gasteiger partial charge is 0.331 e. The molecule has 0 spiro atoms. The number of methoxy groups -OCH3 is 1. The van der Waals surface area contributed by atoms with Crippen molar-refractivity contribution in [3.05, 3.63) is 0 Å². The number of carboxylic acid groups (broad SMARTS) is 1. The number of carbonyl (C=O) groups excluding carboxylic acids is 2. The van der Waals surface area contributed by atoms with Crippen molar-refractivity contribution >= 4 is 18.0 Å². The van der Waals surface area contributed by atoms with Gasteiger partial charge in [-0.1, -0.05) is 13.8 Å². The van der Waals surface area contributed by atoms with Crippen molar-refractivity contribution in [3.8, 4) is 0 Å². The maximum absolute atomic E-state index is 12.1. The Hall–Kier alpha value is -1.83. The van der Waals surface area contributed by atoms with Gasteiger partial charge in [0.25, 0.3) is 0 Å². The molecule has 120 valence electrons. The van der Waals surface area contributed by atoms with Crippen LogP contribution in [0.2, 0.25) is 0 Å². The Kier molecular flexibility index (Phi) is 6.41. The van der Waals surface area contributed by atoms with Crippen LogP contribution in [0.5, 0.6) is 0 Å². The van der Waals surface area contributed by atoms with Crippen molar-refractivity contribution < 1.29 is 29.0 Å². The number of nitrogens with zero attached hydrogens (tertiary/aromatic N) is 1. The molecule has 0 aromatic heterocycles. The number of hydrogen-bond donors (Lipinski definition) is 2. The summed E-state index contributed by atoms with van der Waals surface area (Å²) >= 11 is 0. The Morgan fingerprint density at radius 3 is 2.62 bits per heavy atom. The van der Waals surface area contributed by atoms with E-state index in [0.717, 1.165) is 0 Å². The molecule has 8 nitrogen and oxygen atoms in total. The molecule has 1 saturated heterocycles. The summed E-state index contributed by atoms with van der Waals surface area (Å²) in [5.41, 5.74) is 0. The largest absolute Gasteiger partial charge is 0.481 e. The van der Waals surface area contributed by atoms with Gasteiger partial charge in [-0.15, -0.1) is 0 Å². The Morgan fingerprint density at radius 2 is 2.10 bits per heavy atom. The number of urea groups is 1. The van der Waals surface area contributed by atoms with Gasteiger partial charge in [-0.2, -0.15) is 0 Å². The SMILES string of the molecule is COC(=O)C1COCCN1C(=O)NCC(C(=O)O)C(C)C. The fourth-order valence-electron chi connectivity index (χ4n) is 2.09. The predicted octanol–water partition coefficient (Wildman–Crippen LogP) is -0.0734. The third-order valence-corrected chi connectivity index (χ3v) is 3.46. The van der Waals surface area contributed by atoms with Crippen LogP contribution in [-0.4, -0.2) is 67.4 Å². The maximum atomic E-state index is 12.1. The third-order valence-electron chi connectivity index (χ3n) is 3.46. The molecule has 2 atom stereocenters. The normalized spacial score (nSPS) is 20.0. The number of morpholine rings is 1. The first-order valence-corrected chi connectivity index (χ1v) is 6.81. The van der Waals surface area contributed by atoms with Crippen LogP contribution < -0.4 is 5.32 Å². The number of carbonyl (C=O) groups is 3. The van der Waals surface area contributed by atoms with E-state index in [0.29, 0.717) is 6.61 Å². The lowest BCUT2D eigenvalue weighted by Gasteiger charge is -2.34. The molecule has 0 bridgehead atoms. The number of aliphatic carboxylic acids is 1. The summed E-state index contributed by atoms with van der Waals surface area (Å²) in [5, 5.41) is 11.7. The highest BCUT2D eigenvalue weighted by Gasteiger charge is 2.34. The molecule has 1 fully saturated rings. The Bertz CT molecular complexity index is 398. The average Bonchev–Trinajstić information content (AvgIpc) is 2.45. The van der Waals surface area contributed by atoms with Gasteiger partial charge in [-0.05, 0) is 5.92 Å². The molecular formula is C13H22N2O6. The summed E-state index contributed by atoms with van der Waals surface area (Å²) in [5.74, 6) is -2.30. The topological polar surface area (TPSA) is 105 Å². The van der Waals surface area contributed by atoms with Gasteiger partial charge >= 0.3 is 18.0 Å². The van der Waals surface area contributed by atoms with E-state index >= 15 is 0 Å². The number of nitrogens with one attached hydrogen (secondary N) is 1. The van der Waals surface area contributed by atoms with E-state index in [1.165, 1.54) is 12.0 Å². The van der Waals surface area contributed by atoms with Crippen LogP contribution in [0.3, 0.4) is 0 Å². The molecule has 1 aliphatic heterocycles. The predicted molar refractivity (Wildman–Crippen MR) is 72.7 cm³/mol. The standard InChI is InChI=1S/C13H22N2O6/c1-8(2)9(11(16)17)6-14-13(19)15-4-5-21-7-10(15)12(18)20-3/h8-10H,4-7H2,1-3H3,(H,14,19)(H,16,17). The lowest BCUT2D eigenvalue weighted by molar-refractivity contribution is -0.151. The van der Waals surface area contributed by atoms with Gasteiger partial charge in [0.05, 0.1) is 26.2 Å². The van der Waals surface area contributed by atoms with Crippen LogP contribution in [0.4, 0.5) is 4.79 Å². The average molecular weight is 302 g/mol. The number of hydrogen-bond acceptors (Lipinski definition) is 5. The minimum atomic E-state index is -0.961. The van der Waals surface area contributed by atoms with Crippen molar-refractivity contribution in [2.24, 2.45) is 11.8 Å². The molecule has 0 radical (unpaired) electrons. The molecule has 0 saturated carbocycles. The molecule has 0 aromatic carbocycles. The molecule has 1 heterocycles. The summed E-state index contributed by atoms with van der Waals surface area (Å²) in [6.45, 7) is 4.22. The van der Waals surface area contributed by atoms with Crippen LogP contribution in [0.15, 0.2) is 0 Å². The fraction of sp³-hybridized carbons (Fsp3) is 0.769. The summed E-state index contributed by atoms with van der Waals surface area (Å²) in [7, 11) is 1.24. The van der Waals surface area contributed by atoms with Crippen molar-refractivity contribution in [2.45, 2.75) is 19.9 Å². The van der Waals surface area contributed by atoms with Gasteiger partial charge in [-0.3, -0.25) is 4.79 Å². The number of rotatable bonds is 5. The van der Waals surface area contributed by atoms with E-state index in [1.54, 1.807) is 13.8 Å². The zero-order valence-electron chi connectivity index (χ0n) is 12.5. The van der Waals surface area contributed by atoms with Gasteiger partial charge in [0.15, 0.2) is 6.04 Å². The monoisotopic (exact) mass is 302 g/mol. The van der Waals surface area contributed by atoms with Crippen LogP contribution >= 0.6 is 0 Å². The van der Waals surface area contributed by atoms with E-state index in [-0.39, 0.29) is 25.6 Å². The zero-order valence-corrected chi connectivity index (χ0v) is 12.5. The summed E-state index contributed by atoms with van der Waals surface area (Å²) in [6, 6.07) is -1.29. The summed E-state index contributed by atoms with van der Waals surface area (Å²) < 4.78 is 9.81. The van der Waals surface area contributed by atoms with Gasteiger partial charge in [0, 0.05) is 13.1 Å². The molecule has 2 unspecified atom stereocenters. The zero-order chi connectivity index (χ0) is 16.0. The van der Waals surface area contributed by atoms with Gasteiger partial charge in [0.1, 0.15) is 0 Å². The summed E-state index contributed by atoms with van der Waals surface area (Å²) in [6.07, 6.45) is 0. The minimum absolute atomic E-state index is 0.0110. The molecule has 2 N–H and O–H groups in total. The van der Waals surface area contributed by atoms with Crippen molar-refractivity contribution in [1.82, 2.24) is 10.2 Å². The second-order valence-corrected chi connectivity index (χ2v) is 5.18. The van der Waals surface area contributed by atoms with E-state index in [9.17, 15) is 14.4 Å². The van der Waals surface area contributed by atoms with Gasteiger partial charge in [-0.25, -0.2) is 9.59 Å². The second kappa shape index (κ2) is 7.82. The van der Waals surface area contributed by atoms with E-state index < -0.39 is 29.9 Å². The highest BCUT2D eigenvalue weighted by Crippen LogP contribution is 2.12. The van der Waals surface area contributed by atoms with Gasteiger partial charge < -0.3 is 24.8 Å². The Balaban J connectivity index is 2.64. The van der Waals surface area contributed by atoms with Crippen LogP contribution in [0.1, 0.15) is 13.8 Å². The first-order valence-electron chi connectivity index (χ1n) is 6.81. The lowest BCUT2D eigenvalue weighted by Crippen LogP contribution is -2.56. The molecule has 0 aromatic rings. The number of carboxylic acids is 1. The van der Waals surface area contributed by atoms with E-state index in [2.05, 4.69) is 10.1 Å². The van der Waals surface area contributed by atoms with Crippen LogP contribution in [0, 0.1) is 11.8 Å². The lowest BCUT2D eigenvalue weighted by atomic mass is 9.96. The van der Waals surface area contributed by atoms with Crippen LogP contribution in [-0.2, 0) is 19.1 Å². The third kappa shape index (κ3) is 4.59. The van der Waals surface area contributed by atoms with E-state index in [4.69, 9.17) is 9.84 Å². The Labute approximate surface area is 123 Å². The maximum Gasteiger partial charge on any atom is 0.331 e.